The van der Waals surface area contributed by atoms with Crippen LogP contribution < -0.4 is 88.3 Å². The number of benzene rings is 5. The van der Waals surface area contributed by atoms with Crippen molar-refractivity contribution >= 4 is 83.2 Å². The van der Waals surface area contributed by atoms with Gasteiger partial charge in [0.05, 0.1) is 61.0 Å². The van der Waals surface area contributed by atoms with E-state index in [1.54, 1.807) is 84.9 Å². The molecule has 552 valence electrons. The van der Waals surface area contributed by atoms with Crippen molar-refractivity contribution in [2.45, 2.75) is 218 Å². The number of hydrogen-bond donors (Lipinski definition) is 2. The van der Waals surface area contributed by atoms with Crippen molar-refractivity contribution in [3.63, 3.8) is 0 Å². The number of aliphatic hydroxyl groups excluding tert-OH is 1. The molecule has 3 N–H and O–H groups in total. The number of rotatable bonds is 35. The van der Waals surface area contributed by atoms with Gasteiger partial charge in [-0.3, -0.25) is 24.0 Å². The number of carboxylic acids is 2. The molecule has 1 atom stereocenters. The van der Waals surface area contributed by atoms with Gasteiger partial charge in [0.25, 0.3) is 6.47 Å². The molecule has 0 spiro atoms. The van der Waals surface area contributed by atoms with Crippen molar-refractivity contribution in [2.24, 2.45) is 0 Å². The summed E-state index contributed by atoms with van der Waals surface area (Å²) >= 11 is 9.53. The fraction of sp³-hybridized carbons (Fsp3) is 0.481. The van der Waals surface area contributed by atoms with Crippen LogP contribution in [0.25, 0.3) is 0 Å². The largest absolute Gasteiger partial charge is 1.00 e. The van der Waals surface area contributed by atoms with Gasteiger partial charge in [0.15, 0.2) is 17.3 Å². The summed E-state index contributed by atoms with van der Waals surface area (Å²) in [7, 11) is 4.00. The quantitative estimate of drug-likeness (QED) is 0.00440. The Labute approximate surface area is 669 Å². The number of aromatic carboxylic acids is 2. The molecule has 24 heteroatoms. The van der Waals surface area contributed by atoms with Gasteiger partial charge in [0.1, 0.15) is 6.29 Å². The Morgan fingerprint density at radius 1 is 0.446 bits per heavy atom. The number of esters is 3. The average molecular weight is 1470 g/mol. The number of carbonyl (C=O) groups is 10. The molecule has 0 aliphatic rings. The summed E-state index contributed by atoms with van der Waals surface area (Å²) in [6.45, 7) is 8.48. The molecule has 0 fully saturated rings. The first-order valence-electron chi connectivity index (χ1n) is 31.5. The third-order valence-electron chi connectivity index (χ3n) is 13.7. The maximum atomic E-state index is 12.0. The molecule has 0 aliphatic carbocycles. The second-order valence-corrected chi connectivity index (χ2v) is 21.8. The zero-order chi connectivity index (χ0) is 70.0. The van der Waals surface area contributed by atoms with Crippen molar-refractivity contribution in [3.05, 3.63) is 177 Å². The van der Waals surface area contributed by atoms with Crippen LogP contribution in [-0.4, -0.2) is 102 Å². The van der Waals surface area contributed by atoms with Gasteiger partial charge in [-0.15, -0.1) is 23.2 Å². The van der Waals surface area contributed by atoms with Crippen molar-refractivity contribution < 1.29 is 171 Å². The molecule has 0 aliphatic heterocycles. The number of unbranched alkanes of at least 4 members (excludes halogenated alkanes) is 16. The Hall–Kier alpha value is -5.34. The van der Waals surface area contributed by atoms with Gasteiger partial charge in [-0.2, -0.15) is 0 Å². The zero-order valence-electron chi connectivity index (χ0n) is 58.6. The van der Waals surface area contributed by atoms with E-state index < -0.39 is 30.0 Å². The second kappa shape index (κ2) is 78.8. The average Bonchev–Trinajstić information content (AvgIpc) is 0.907. The number of ketones is 3. The van der Waals surface area contributed by atoms with E-state index in [4.69, 9.17) is 38.4 Å². The van der Waals surface area contributed by atoms with E-state index in [0.29, 0.717) is 64.5 Å². The molecular weight excluding hydrogens is 1350 g/mol. The number of methoxy groups -OCH3 is 3. The number of Topliss-reactive ketones (excluding diaryl/α,β-unsaturated/α-hetero) is 3. The molecule has 5 rings (SSSR count). The Kier molecular flexibility index (Phi) is 91.1. The fourth-order valence-electron chi connectivity index (χ4n) is 8.64. The molecule has 19 nitrogen and oxygen atoms in total. The molecule has 1 unspecified atom stereocenters. The van der Waals surface area contributed by atoms with Crippen LogP contribution in [0.4, 0.5) is 0 Å². The predicted molar refractivity (Wildman–Crippen MR) is 387 cm³/mol. The van der Waals surface area contributed by atoms with Crippen LogP contribution in [0.1, 0.15) is 316 Å². The summed E-state index contributed by atoms with van der Waals surface area (Å²) in [4.78, 5) is 112. The zero-order valence-corrected chi connectivity index (χ0v) is 64.1. The van der Waals surface area contributed by atoms with Crippen LogP contribution in [-0.2, 0) is 23.9 Å². The minimum absolute atomic E-state index is 0. The molecule has 5 aromatic carbocycles. The van der Waals surface area contributed by atoms with Gasteiger partial charge in [0, 0.05) is 41.5 Å². The molecule has 101 heavy (non-hydrogen) atoms. The van der Waals surface area contributed by atoms with Crippen LogP contribution in [0.3, 0.4) is 0 Å². The first-order chi connectivity index (χ1) is 44.8. The summed E-state index contributed by atoms with van der Waals surface area (Å²) in [5.74, 6) is -3.29. The SMILES string of the molecule is C.C.C.C.CCCCCCCC(=O)c1cccc(C(=O)O)c1.CCCCCCCC(=O)c1cccc(C(=O)OC)c1.CCCCCCCC(=O)c1cccc(C(=O)[O-])c1.CCCCCCCC(O)c1cccc(C(=O)OC)c1.COC(=O)c1cccc(C=O)c1.ClCCl.O=CO[O-].[Li+].[Na+].[Na+].[OH-]. The number of alkyl halides is 2. The van der Waals surface area contributed by atoms with Gasteiger partial charge in [-0.1, -0.05) is 233 Å². The molecule has 0 heterocycles. The topological polar surface area (TPSA) is 324 Å². The van der Waals surface area contributed by atoms with E-state index in [1.807, 2.05) is 6.07 Å². The minimum atomic E-state index is -1.24. The Balaban J connectivity index is -0.000000123. The number of aldehydes is 1. The monoisotopic (exact) mass is 1460 g/mol. The summed E-state index contributed by atoms with van der Waals surface area (Å²) in [5, 5.41) is 38.3. The number of aliphatic hydroxyl groups is 1. The number of halogens is 2. The minimum Gasteiger partial charge on any atom is -0.870 e. The van der Waals surface area contributed by atoms with Crippen LogP contribution >= 0.6 is 23.2 Å². The Bertz CT molecular complexity index is 2870. The van der Waals surface area contributed by atoms with E-state index in [0.717, 1.165) is 69.8 Å². The molecule has 0 aromatic heterocycles. The molecule has 0 saturated carbocycles. The standard InChI is InChI=1S/C16H24O3.C16H22O3.2C15H20O3.C9H8O3.CH2Cl2.CH2O3.4CH4.Li.2Na.H2O/c2*1-3-4-5-6-7-11-15(17)13-9-8-10-14(12-13)16(18)19-2;2*1-2-3-4-5-6-10-14(16)12-8-7-9-13(11-12)15(17)18;1-12-9(11)8-4-2-3-7(5-8)6-10;2-1-3;2-1-4-3;;;;;;;;/h8-10,12,15,17H,3-7,11H2,1-2H3;8-10,12H,3-7,11H2,1-2H3;2*7-9,11H,2-6,10H2,1H3,(H,17,18);2-6H,1H3;1H2;1,3H;4*1H4;;;;1H2/q;;;;;;;;;;;3*+1;/p-3. The number of carbonyl (C=O) groups excluding carboxylic acids is 9. The Morgan fingerprint density at radius 2 is 0.723 bits per heavy atom. The smallest absolute Gasteiger partial charge is 0.870 e. The molecule has 0 amide bonds. The maximum absolute atomic E-state index is 12.0. The van der Waals surface area contributed by atoms with Gasteiger partial charge < -0.3 is 49.9 Å². The van der Waals surface area contributed by atoms with Gasteiger partial charge in [-0.25, -0.2) is 19.2 Å². The van der Waals surface area contributed by atoms with Crippen molar-refractivity contribution in [1.82, 2.24) is 0 Å². The molecule has 0 radical (unpaired) electrons. The third kappa shape index (κ3) is 58.7. The van der Waals surface area contributed by atoms with Gasteiger partial charge >= 0.3 is 102 Å². The van der Waals surface area contributed by atoms with Crippen LogP contribution in [0, 0.1) is 0 Å². The number of ether oxygens (including phenoxy) is 3. The Morgan fingerprint density at radius 3 is 1.05 bits per heavy atom. The predicted octanol–water partition coefficient (Wildman–Crippen LogP) is 8.93. The first-order valence-corrected chi connectivity index (χ1v) is 32.6. The number of hydrogen-bond acceptors (Lipinski definition) is 18. The number of carboxylic acid groups (broad SMARTS) is 2. The summed E-state index contributed by atoms with van der Waals surface area (Å²) in [6, 6.07) is 32.4. The van der Waals surface area contributed by atoms with E-state index in [9.17, 15) is 53.4 Å². The van der Waals surface area contributed by atoms with E-state index in [-0.39, 0.29) is 159 Å². The summed E-state index contributed by atoms with van der Waals surface area (Å²) < 4.78 is 13.8. The normalized spacial score (nSPS) is 9.34. The van der Waals surface area contributed by atoms with Gasteiger partial charge in [-0.05, 0) is 91.4 Å². The van der Waals surface area contributed by atoms with E-state index in [1.165, 1.54) is 122 Å². The first kappa shape index (κ1) is 117. The maximum Gasteiger partial charge on any atom is 1.00 e. The summed E-state index contributed by atoms with van der Waals surface area (Å²) in [5.41, 5.74) is 4.37. The van der Waals surface area contributed by atoms with Crippen molar-refractivity contribution in [1.29, 1.82) is 0 Å². The van der Waals surface area contributed by atoms with E-state index in [2.05, 4.69) is 46.8 Å². The van der Waals surface area contributed by atoms with E-state index >= 15 is 0 Å². The van der Waals surface area contributed by atoms with Gasteiger partial charge in [0.2, 0.25) is 0 Å². The van der Waals surface area contributed by atoms with Crippen LogP contribution in [0.15, 0.2) is 121 Å². The molecule has 0 saturated heterocycles. The molecule has 5 aromatic rings. The molecule has 0 bridgehead atoms. The third-order valence-corrected chi connectivity index (χ3v) is 13.7. The van der Waals surface area contributed by atoms with Crippen molar-refractivity contribution in [2.75, 3.05) is 26.7 Å². The summed E-state index contributed by atoms with van der Waals surface area (Å²) in [6.07, 6.45) is 25.0. The van der Waals surface area contributed by atoms with Crippen LogP contribution in [0.2, 0.25) is 0 Å². The fourth-order valence-corrected chi connectivity index (χ4v) is 8.64. The molecular formula is C77H113Cl2LiNa2O19. The van der Waals surface area contributed by atoms with Crippen molar-refractivity contribution in [3.8, 4) is 0 Å². The second-order valence-electron chi connectivity index (χ2n) is 21.0. The van der Waals surface area contributed by atoms with Crippen LogP contribution in [0.5, 0.6) is 0 Å².